The highest BCUT2D eigenvalue weighted by Crippen LogP contribution is 2.22. The van der Waals surface area contributed by atoms with Crippen molar-refractivity contribution in [2.45, 2.75) is 20.3 Å². The molecule has 1 aromatic carbocycles. The lowest BCUT2D eigenvalue weighted by atomic mass is 10.1. The highest BCUT2D eigenvalue weighted by atomic mass is 16.4. The molecule has 0 unspecified atom stereocenters. The number of aromatic carboxylic acids is 1. The Morgan fingerprint density at radius 3 is 2.50 bits per heavy atom. The zero-order chi connectivity index (χ0) is 14.7. The summed E-state index contributed by atoms with van der Waals surface area (Å²) in [7, 11) is 0. The summed E-state index contributed by atoms with van der Waals surface area (Å²) in [5, 5.41) is 8.99. The second-order valence-electron chi connectivity index (χ2n) is 5.15. The van der Waals surface area contributed by atoms with Crippen molar-refractivity contribution in [3.8, 4) is 0 Å². The lowest BCUT2D eigenvalue weighted by molar-refractivity contribution is -0.128. The maximum absolute atomic E-state index is 11.4. The Balaban J connectivity index is 2.15. The third-order valence-electron chi connectivity index (χ3n) is 3.73. The van der Waals surface area contributed by atoms with Crippen LogP contribution in [0.2, 0.25) is 0 Å². The summed E-state index contributed by atoms with van der Waals surface area (Å²) >= 11 is 0. The van der Waals surface area contributed by atoms with Gasteiger partial charge in [0.05, 0.1) is 5.56 Å². The van der Waals surface area contributed by atoms with Gasteiger partial charge in [-0.05, 0) is 37.1 Å². The Bertz CT molecular complexity index is 528. The number of anilines is 1. The van der Waals surface area contributed by atoms with Crippen LogP contribution in [0.5, 0.6) is 0 Å². The molecule has 0 radical (unpaired) electrons. The van der Waals surface area contributed by atoms with E-state index in [0.717, 1.165) is 43.9 Å². The molecule has 0 aliphatic carbocycles. The first-order valence-corrected chi connectivity index (χ1v) is 6.83. The Labute approximate surface area is 118 Å². The zero-order valence-electron chi connectivity index (χ0n) is 11.9. The minimum atomic E-state index is -0.904. The number of hydrogen-bond donors (Lipinski definition) is 1. The van der Waals surface area contributed by atoms with Crippen molar-refractivity contribution in [1.82, 2.24) is 4.90 Å². The smallest absolute Gasteiger partial charge is 0.335 e. The molecule has 1 saturated heterocycles. The summed E-state index contributed by atoms with van der Waals surface area (Å²) in [6.45, 7) is 6.70. The average Bonchev–Trinajstić information content (AvgIpc) is 2.64. The second kappa shape index (κ2) is 5.94. The Hall–Kier alpha value is -2.04. The lowest BCUT2D eigenvalue weighted by Gasteiger charge is -2.25. The fourth-order valence-electron chi connectivity index (χ4n) is 2.62. The van der Waals surface area contributed by atoms with E-state index in [9.17, 15) is 9.59 Å². The molecule has 108 valence electrons. The summed E-state index contributed by atoms with van der Waals surface area (Å²) < 4.78 is 0. The largest absolute Gasteiger partial charge is 0.478 e. The lowest BCUT2D eigenvalue weighted by Crippen LogP contribution is -2.33. The van der Waals surface area contributed by atoms with Gasteiger partial charge in [0, 0.05) is 38.8 Å². The van der Waals surface area contributed by atoms with E-state index in [1.54, 1.807) is 19.1 Å². The van der Waals surface area contributed by atoms with Gasteiger partial charge in [-0.1, -0.05) is 0 Å². The van der Waals surface area contributed by atoms with Gasteiger partial charge in [0.2, 0.25) is 5.91 Å². The number of benzene rings is 1. The van der Waals surface area contributed by atoms with Crippen molar-refractivity contribution in [3.63, 3.8) is 0 Å². The molecule has 1 heterocycles. The Kier molecular flexibility index (Phi) is 4.27. The van der Waals surface area contributed by atoms with E-state index in [1.807, 2.05) is 17.9 Å². The predicted molar refractivity (Wildman–Crippen MR) is 77.2 cm³/mol. The third-order valence-corrected chi connectivity index (χ3v) is 3.73. The van der Waals surface area contributed by atoms with E-state index >= 15 is 0 Å². The molecule has 1 N–H and O–H groups in total. The monoisotopic (exact) mass is 276 g/mol. The van der Waals surface area contributed by atoms with Gasteiger partial charge in [-0.2, -0.15) is 0 Å². The molecule has 5 heteroatoms. The quantitative estimate of drug-likeness (QED) is 0.894. The molecule has 1 aromatic rings. The summed E-state index contributed by atoms with van der Waals surface area (Å²) in [4.78, 5) is 26.5. The Morgan fingerprint density at radius 2 is 1.90 bits per heavy atom. The number of nitrogens with zero attached hydrogens (tertiary/aromatic N) is 2. The number of aryl methyl sites for hydroxylation is 1. The molecule has 1 amide bonds. The molecule has 20 heavy (non-hydrogen) atoms. The van der Waals surface area contributed by atoms with Crippen LogP contribution in [0.25, 0.3) is 0 Å². The van der Waals surface area contributed by atoms with E-state index in [0.29, 0.717) is 5.56 Å². The van der Waals surface area contributed by atoms with Crippen LogP contribution < -0.4 is 4.90 Å². The molecule has 2 rings (SSSR count). The molecule has 0 atom stereocenters. The molecule has 0 spiro atoms. The van der Waals surface area contributed by atoms with Crippen molar-refractivity contribution in [3.05, 3.63) is 29.3 Å². The molecular formula is C15H20N2O3. The summed E-state index contributed by atoms with van der Waals surface area (Å²) in [5.74, 6) is -0.789. The normalized spacial score (nSPS) is 15.9. The number of rotatable bonds is 2. The molecule has 5 nitrogen and oxygen atoms in total. The SMILES string of the molecule is CC(=O)N1CCCN(c2ccc(C(=O)O)cc2C)CC1. The van der Waals surface area contributed by atoms with Crippen LogP contribution in [0.3, 0.4) is 0 Å². The molecular weight excluding hydrogens is 256 g/mol. The van der Waals surface area contributed by atoms with Gasteiger partial charge in [-0.3, -0.25) is 4.79 Å². The van der Waals surface area contributed by atoms with Gasteiger partial charge in [0.15, 0.2) is 0 Å². The van der Waals surface area contributed by atoms with E-state index in [2.05, 4.69) is 4.90 Å². The van der Waals surface area contributed by atoms with Crippen molar-refractivity contribution < 1.29 is 14.7 Å². The first-order valence-electron chi connectivity index (χ1n) is 6.83. The van der Waals surface area contributed by atoms with E-state index in [4.69, 9.17) is 5.11 Å². The number of carboxylic acid groups (broad SMARTS) is 1. The van der Waals surface area contributed by atoms with E-state index < -0.39 is 5.97 Å². The minimum Gasteiger partial charge on any atom is -0.478 e. The average molecular weight is 276 g/mol. The third kappa shape index (κ3) is 3.10. The van der Waals surface area contributed by atoms with Gasteiger partial charge in [-0.15, -0.1) is 0 Å². The van der Waals surface area contributed by atoms with Crippen LogP contribution in [-0.2, 0) is 4.79 Å². The molecule has 1 fully saturated rings. The maximum Gasteiger partial charge on any atom is 0.335 e. The predicted octanol–water partition coefficient (Wildman–Crippen LogP) is 1.75. The fourth-order valence-corrected chi connectivity index (χ4v) is 2.62. The van der Waals surface area contributed by atoms with Crippen LogP contribution >= 0.6 is 0 Å². The molecule has 0 saturated carbocycles. The van der Waals surface area contributed by atoms with Gasteiger partial charge in [-0.25, -0.2) is 4.79 Å². The second-order valence-corrected chi connectivity index (χ2v) is 5.15. The first kappa shape index (κ1) is 14.4. The zero-order valence-corrected chi connectivity index (χ0v) is 11.9. The first-order chi connectivity index (χ1) is 9.49. The van der Waals surface area contributed by atoms with Crippen molar-refractivity contribution >= 4 is 17.6 Å². The van der Waals surface area contributed by atoms with Crippen molar-refractivity contribution in [1.29, 1.82) is 0 Å². The number of carboxylic acids is 1. The van der Waals surface area contributed by atoms with Gasteiger partial charge in [0.1, 0.15) is 0 Å². The van der Waals surface area contributed by atoms with Gasteiger partial charge >= 0.3 is 5.97 Å². The van der Waals surface area contributed by atoms with Crippen LogP contribution in [-0.4, -0.2) is 48.1 Å². The number of hydrogen-bond acceptors (Lipinski definition) is 3. The maximum atomic E-state index is 11.4. The number of amides is 1. The van der Waals surface area contributed by atoms with Crippen LogP contribution in [0, 0.1) is 6.92 Å². The number of carbonyl (C=O) groups excluding carboxylic acids is 1. The van der Waals surface area contributed by atoms with Gasteiger partial charge < -0.3 is 14.9 Å². The highest BCUT2D eigenvalue weighted by molar-refractivity contribution is 5.88. The summed E-state index contributed by atoms with van der Waals surface area (Å²) in [5.41, 5.74) is 2.33. The van der Waals surface area contributed by atoms with Crippen molar-refractivity contribution in [2.24, 2.45) is 0 Å². The minimum absolute atomic E-state index is 0.116. The van der Waals surface area contributed by atoms with Crippen molar-refractivity contribution in [2.75, 3.05) is 31.1 Å². The van der Waals surface area contributed by atoms with Crippen LogP contribution in [0.15, 0.2) is 18.2 Å². The van der Waals surface area contributed by atoms with E-state index in [-0.39, 0.29) is 5.91 Å². The Morgan fingerprint density at radius 1 is 1.15 bits per heavy atom. The molecule has 1 aliphatic heterocycles. The molecule has 0 bridgehead atoms. The van der Waals surface area contributed by atoms with Crippen LogP contribution in [0.4, 0.5) is 5.69 Å². The molecule has 1 aliphatic rings. The topological polar surface area (TPSA) is 60.9 Å². The fraction of sp³-hybridized carbons (Fsp3) is 0.467. The summed E-state index contributed by atoms with van der Waals surface area (Å²) in [6.07, 6.45) is 0.930. The highest BCUT2D eigenvalue weighted by Gasteiger charge is 2.18. The standard InChI is InChI=1S/C15H20N2O3/c1-11-10-13(15(19)20)4-5-14(11)17-7-3-6-16(8-9-17)12(2)18/h4-5,10H,3,6-9H2,1-2H3,(H,19,20). The van der Waals surface area contributed by atoms with Gasteiger partial charge in [0.25, 0.3) is 0 Å². The number of carbonyl (C=O) groups is 2. The summed E-state index contributed by atoms with van der Waals surface area (Å²) in [6, 6.07) is 5.20. The van der Waals surface area contributed by atoms with Crippen LogP contribution in [0.1, 0.15) is 29.3 Å². The van der Waals surface area contributed by atoms with E-state index in [1.165, 1.54) is 0 Å². The molecule has 0 aromatic heterocycles.